The summed E-state index contributed by atoms with van der Waals surface area (Å²) in [6.07, 6.45) is 9.67. The van der Waals surface area contributed by atoms with Gasteiger partial charge in [0.25, 0.3) is 0 Å². The highest BCUT2D eigenvalue weighted by Gasteiger charge is 2.60. The van der Waals surface area contributed by atoms with Gasteiger partial charge < -0.3 is 5.11 Å². The number of rotatable bonds is 1. The molecule has 0 aromatic heterocycles. The first-order chi connectivity index (χ1) is 11.0. The van der Waals surface area contributed by atoms with Crippen molar-refractivity contribution >= 4 is 5.78 Å². The molecule has 3 nitrogen and oxygen atoms in total. The smallest absolute Gasteiger partial charge is 0.156 e. The van der Waals surface area contributed by atoms with Crippen LogP contribution in [-0.2, 0) is 4.79 Å². The van der Waals surface area contributed by atoms with Crippen molar-refractivity contribution in [2.75, 3.05) is 0 Å². The van der Waals surface area contributed by atoms with Gasteiger partial charge in [0.1, 0.15) is 0 Å². The maximum atomic E-state index is 11.7. The van der Waals surface area contributed by atoms with Crippen molar-refractivity contribution in [2.45, 2.75) is 70.3 Å². The summed E-state index contributed by atoms with van der Waals surface area (Å²) in [5.74, 6) is 1.34. The molecule has 0 radical (unpaired) electrons. The number of hydrogen-bond acceptors (Lipinski definition) is 3. The van der Waals surface area contributed by atoms with Crippen molar-refractivity contribution in [3.8, 4) is 6.07 Å². The van der Waals surface area contributed by atoms with Crippen LogP contribution in [-0.4, -0.2) is 16.5 Å². The van der Waals surface area contributed by atoms with Gasteiger partial charge in [-0.2, -0.15) is 5.26 Å². The highest BCUT2D eigenvalue weighted by atomic mass is 16.3. The average molecular weight is 311 g/mol. The molecule has 0 heterocycles. The Bertz CT molecular complexity index is 668. The van der Waals surface area contributed by atoms with E-state index < -0.39 is 5.60 Å². The zero-order valence-corrected chi connectivity index (χ0v) is 13.9. The maximum absolute atomic E-state index is 11.7. The predicted octanol–water partition coefficient (Wildman–Crippen LogP) is 3.84. The number of aliphatic hydroxyl groups is 1. The van der Waals surface area contributed by atoms with Crippen LogP contribution in [0.2, 0.25) is 0 Å². The molecule has 2 saturated carbocycles. The van der Waals surface area contributed by atoms with Gasteiger partial charge in [0, 0.05) is 11.8 Å². The highest BCUT2D eigenvalue weighted by Crippen LogP contribution is 2.64. The number of hydrogen-bond donors (Lipinski definition) is 1. The molecule has 4 aliphatic rings. The van der Waals surface area contributed by atoms with E-state index in [1.54, 1.807) is 5.57 Å². The van der Waals surface area contributed by atoms with E-state index in [4.69, 9.17) is 5.26 Å². The molecule has 4 atom stereocenters. The molecule has 0 aromatic rings. The number of carbonyl (C=O) groups is 1. The molecule has 0 amide bonds. The normalized spacial score (nSPS) is 42.5. The van der Waals surface area contributed by atoms with Crippen LogP contribution in [0.1, 0.15) is 64.7 Å². The van der Waals surface area contributed by atoms with Gasteiger partial charge in [0.15, 0.2) is 5.78 Å². The third kappa shape index (κ3) is 2.01. The lowest BCUT2D eigenvalue weighted by Gasteiger charge is -2.51. The van der Waals surface area contributed by atoms with Crippen LogP contribution in [0.15, 0.2) is 22.8 Å². The van der Waals surface area contributed by atoms with Crippen LogP contribution in [0, 0.1) is 28.6 Å². The fourth-order valence-corrected chi connectivity index (χ4v) is 6.06. The van der Waals surface area contributed by atoms with E-state index in [1.807, 2.05) is 6.08 Å². The summed E-state index contributed by atoms with van der Waals surface area (Å²) in [5, 5.41) is 20.3. The monoisotopic (exact) mass is 311 g/mol. The number of allylic oxidation sites excluding steroid dienone is 4. The standard InChI is InChI=1S/C20H25NO2/c1-19-8-6-16-15-5-3-14(22)12-13(15)2-4-17(16)18(19)7-9-20(19,23)10-11-21/h12,17-18,23H,2-10H2,1H3/t17-,18+,19+,20+/m1/s1. The Morgan fingerprint density at radius 3 is 2.87 bits per heavy atom. The van der Waals surface area contributed by atoms with Crippen LogP contribution in [0.25, 0.3) is 0 Å². The molecule has 122 valence electrons. The third-order valence-electron chi connectivity index (χ3n) is 7.43. The topological polar surface area (TPSA) is 61.1 Å². The lowest BCUT2D eigenvalue weighted by Crippen LogP contribution is -2.49. The first kappa shape index (κ1) is 15.1. The molecule has 0 bridgehead atoms. The average Bonchev–Trinajstić information content (AvgIpc) is 2.79. The molecule has 0 aromatic carbocycles. The SMILES string of the molecule is C[C@]12CCC3=C4CCC(=O)C=C4CC[C@H]3[C@@H]1CC[C@]2(O)CC#N. The Hall–Kier alpha value is -1.40. The molecule has 2 fully saturated rings. The van der Waals surface area contributed by atoms with Gasteiger partial charge >= 0.3 is 0 Å². The minimum atomic E-state index is -0.804. The van der Waals surface area contributed by atoms with Crippen LogP contribution < -0.4 is 0 Å². The van der Waals surface area contributed by atoms with E-state index in [0.29, 0.717) is 18.3 Å². The molecule has 4 rings (SSSR count). The van der Waals surface area contributed by atoms with Crippen LogP contribution in [0.3, 0.4) is 0 Å². The van der Waals surface area contributed by atoms with Crippen molar-refractivity contribution in [3.63, 3.8) is 0 Å². The van der Waals surface area contributed by atoms with Crippen LogP contribution >= 0.6 is 0 Å². The zero-order valence-electron chi connectivity index (χ0n) is 13.9. The second-order valence-electron chi connectivity index (χ2n) is 8.21. The molecule has 0 unspecified atom stereocenters. The van der Waals surface area contributed by atoms with Crippen molar-refractivity contribution in [1.82, 2.24) is 0 Å². The quantitative estimate of drug-likeness (QED) is 0.800. The van der Waals surface area contributed by atoms with Crippen molar-refractivity contribution in [2.24, 2.45) is 17.3 Å². The third-order valence-corrected chi connectivity index (χ3v) is 7.43. The Labute approximate surface area is 138 Å². The molecule has 1 N–H and O–H groups in total. The second-order valence-corrected chi connectivity index (χ2v) is 8.21. The van der Waals surface area contributed by atoms with Crippen molar-refractivity contribution in [1.29, 1.82) is 5.26 Å². The number of ketones is 1. The Morgan fingerprint density at radius 1 is 1.26 bits per heavy atom. The van der Waals surface area contributed by atoms with Gasteiger partial charge in [-0.1, -0.05) is 12.5 Å². The molecule has 3 heteroatoms. The lowest BCUT2D eigenvalue weighted by molar-refractivity contribution is -0.114. The molecule has 0 aliphatic heterocycles. The highest BCUT2D eigenvalue weighted by molar-refractivity contribution is 5.93. The number of nitrogens with zero attached hydrogens (tertiary/aromatic N) is 1. The van der Waals surface area contributed by atoms with E-state index in [9.17, 15) is 9.90 Å². The van der Waals surface area contributed by atoms with E-state index in [1.165, 1.54) is 11.1 Å². The van der Waals surface area contributed by atoms with Crippen molar-refractivity contribution < 1.29 is 9.90 Å². The fraction of sp³-hybridized carbons (Fsp3) is 0.700. The molecule has 0 spiro atoms. The van der Waals surface area contributed by atoms with E-state index in [0.717, 1.165) is 44.9 Å². The minimum absolute atomic E-state index is 0.122. The van der Waals surface area contributed by atoms with E-state index in [-0.39, 0.29) is 17.6 Å². The van der Waals surface area contributed by atoms with Gasteiger partial charge in [-0.15, -0.1) is 0 Å². The summed E-state index contributed by atoms with van der Waals surface area (Å²) >= 11 is 0. The number of carbonyl (C=O) groups excluding carboxylic acids is 1. The summed E-state index contributed by atoms with van der Waals surface area (Å²) in [5.41, 5.74) is 3.42. The minimum Gasteiger partial charge on any atom is -0.388 e. The molecular formula is C20H25NO2. The van der Waals surface area contributed by atoms with Gasteiger partial charge in [0.05, 0.1) is 18.1 Å². The van der Waals surface area contributed by atoms with Gasteiger partial charge in [-0.25, -0.2) is 0 Å². The summed E-state index contributed by atoms with van der Waals surface area (Å²) < 4.78 is 0. The lowest BCUT2D eigenvalue weighted by atomic mass is 9.54. The Morgan fingerprint density at radius 2 is 2.09 bits per heavy atom. The maximum Gasteiger partial charge on any atom is 0.156 e. The van der Waals surface area contributed by atoms with E-state index >= 15 is 0 Å². The largest absolute Gasteiger partial charge is 0.388 e. The summed E-state index contributed by atoms with van der Waals surface area (Å²) in [4.78, 5) is 11.7. The number of nitriles is 1. The summed E-state index contributed by atoms with van der Waals surface area (Å²) in [7, 11) is 0. The summed E-state index contributed by atoms with van der Waals surface area (Å²) in [6.45, 7) is 2.22. The fourth-order valence-electron chi connectivity index (χ4n) is 6.06. The van der Waals surface area contributed by atoms with Gasteiger partial charge in [0.2, 0.25) is 0 Å². The number of fused-ring (bicyclic) bond motifs is 4. The first-order valence-corrected chi connectivity index (χ1v) is 9.03. The molecular weight excluding hydrogens is 286 g/mol. The second kappa shape index (κ2) is 5.05. The Balaban J connectivity index is 1.72. The first-order valence-electron chi connectivity index (χ1n) is 9.03. The molecule has 0 saturated heterocycles. The van der Waals surface area contributed by atoms with Crippen LogP contribution in [0.4, 0.5) is 0 Å². The van der Waals surface area contributed by atoms with Gasteiger partial charge in [-0.05, 0) is 74.0 Å². The van der Waals surface area contributed by atoms with Crippen molar-refractivity contribution in [3.05, 3.63) is 22.8 Å². The molecule has 23 heavy (non-hydrogen) atoms. The summed E-state index contributed by atoms with van der Waals surface area (Å²) in [6, 6.07) is 2.22. The zero-order chi connectivity index (χ0) is 16.2. The Kier molecular flexibility index (Phi) is 3.32. The van der Waals surface area contributed by atoms with Gasteiger partial charge in [-0.3, -0.25) is 4.79 Å². The van der Waals surface area contributed by atoms with Crippen LogP contribution in [0.5, 0.6) is 0 Å². The molecule has 4 aliphatic carbocycles. The predicted molar refractivity (Wildman–Crippen MR) is 87.3 cm³/mol. The van der Waals surface area contributed by atoms with E-state index in [2.05, 4.69) is 13.0 Å².